The zero-order valence-electron chi connectivity index (χ0n) is 9.58. The van der Waals surface area contributed by atoms with Gasteiger partial charge in [-0.3, -0.25) is 0 Å². The van der Waals surface area contributed by atoms with Crippen molar-refractivity contribution in [2.45, 2.75) is 37.3 Å². The molecule has 0 heterocycles. The summed E-state index contributed by atoms with van der Waals surface area (Å²) in [6.45, 7) is 0. The average Bonchev–Trinajstić information content (AvgIpc) is 2.79. The average molecular weight is 240 g/mol. The van der Waals surface area contributed by atoms with E-state index in [9.17, 15) is 0 Å². The molecule has 1 aromatic rings. The predicted molar refractivity (Wildman–Crippen MR) is 66.6 cm³/mol. The largest absolute Gasteiger partial charge is 0.376 e. The third-order valence-electron chi connectivity index (χ3n) is 3.65. The molecule has 1 saturated carbocycles. The molecule has 0 bridgehead atoms. The van der Waals surface area contributed by atoms with E-state index in [1.807, 2.05) is 24.3 Å². The summed E-state index contributed by atoms with van der Waals surface area (Å²) in [7, 11) is 1.76. The normalized spacial score (nSPS) is 20.9. The van der Waals surface area contributed by atoms with E-state index in [4.69, 9.17) is 22.1 Å². The van der Waals surface area contributed by atoms with Crippen LogP contribution in [0, 0.1) is 0 Å². The van der Waals surface area contributed by atoms with Crippen molar-refractivity contribution < 1.29 is 4.74 Å². The van der Waals surface area contributed by atoms with E-state index in [1.54, 1.807) is 7.11 Å². The van der Waals surface area contributed by atoms with Crippen molar-refractivity contribution in [3.8, 4) is 0 Å². The van der Waals surface area contributed by atoms with Crippen LogP contribution in [-0.4, -0.2) is 12.7 Å². The first kappa shape index (κ1) is 11.9. The molecule has 1 aliphatic rings. The SMILES string of the molecule is COC1(C(N)c2ccc(Cl)cc2)CCCC1. The third-order valence-corrected chi connectivity index (χ3v) is 3.90. The molecule has 0 spiro atoms. The standard InChI is InChI=1S/C13H18ClNO/c1-16-13(8-2-3-9-13)12(15)10-4-6-11(14)7-5-10/h4-7,12H,2-3,8-9,15H2,1H3. The lowest BCUT2D eigenvalue weighted by atomic mass is 9.87. The monoisotopic (exact) mass is 239 g/mol. The van der Waals surface area contributed by atoms with Crippen LogP contribution in [0.5, 0.6) is 0 Å². The van der Waals surface area contributed by atoms with Crippen LogP contribution in [-0.2, 0) is 4.74 Å². The summed E-state index contributed by atoms with van der Waals surface area (Å²) in [5.74, 6) is 0. The molecule has 0 saturated heterocycles. The lowest BCUT2D eigenvalue weighted by molar-refractivity contribution is -0.0264. The number of hydrogen-bond donors (Lipinski definition) is 1. The third kappa shape index (κ3) is 2.10. The highest BCUT2D eigenvalue weighted by molar-refractivity contribution is 6.30. The molecule has 1 aliphatic carbocycles. The molecule has 1 fully saturated rings. The highest BCUT2D eigenvalue weighted by atomic mass is 35.5. The van der Waals surface area contributed by atoms with Crippen molar-refractivity contribution >= 4 is 11.6 Å². The zero-order chi connectivity index (χ0) is 11.6. The zero-order valence-corrected chi connectivity index (χ0v) is 10.3. The van der Waals surface area contributed by atoms with Crippen LogP contribution < -0.4 is 5.73 Å². The van der Waals surface area contributed by atoms with Gasteiger partial charge in [0.05, 0.1) is 11.6 Å². The minimum Gasteiger partial charge on any atom is -0.376 e. The van der Waals surface area contributed by atoms with Crippen LogP contribution >= 0.6 is 11.6 Å². The fourth-order valence-corrected chi connectivity index (χ4v) is 2.72. The molecule has 0 radical (unpaired) electrons. The van der Waals surface area contributed by atoms with E-state index in [0.29, 0.717) is 0 Å². The summed E-state index contributed by atoms with van der Waals surface area (Å²) in [5.41, 5.74) is 7.26. The second kappa shape index (κ2) is 4.74. The fourth-order valence-electron chi connectivity index (χ4n) is 2.59. The molecule has 1 aromatic carbocycles. The lowest BCUT2D eigenvalue weighted by Crippen LogP contribution is -2.40. The smallest absolute Gasteiger partial charge is 0.0870 e. The van der Waals surface area contributed by atoms with E-state index < -0.39 is 0 Å². The maximum Gasteiger partial charge on any atom is 0.0870 e. The van der Waals surface area contributed by atoms with Crippen molar-refractivity contribution in [1.29, 1.82) is 0 Å². The summed E-state index contributed by atoms with van der Waals surface area (Å²) < 4.78 is 5.69. The Kier molecular flexibility index (Phi) is 3.53. The van der Waals surface area contributed by atoms with Crippen molar-refractivity contribution in [3.63, 3.8) is 0 Å². The van der Waals surface area contributed by atoms with Gasteiger partial charge in [0.2, 0.25) is 0 Å². The second-order valence-corrected chi connectivity index (χ2v) is 4.94. The summed E-state index contributed by atoms with van der Waals surface area (Å²) in [6, 6.07) is 7.69. The first-order valence-electron chi connectivity index (χ1n) is 5.74. The van der Waals surface area contributed by atoms with Gasteiger partial charge in [-0.15, -0.1) is 0 Å². The Morgan fingerprint density at radius 3 is 2.31 bits per heavy atom. The van der Waals surface area contributed by atoms with Gasteiger partial charge in [0.1, 0.15) is 0 Å². The van der Waals surface area contributed by atoms with Gasteiger partial charge in [-0.2, -0.15) is 0 Å². The second-order valence-electron chi connectivity index (χ2n) is 4.51. The molecule has 2 N–H and O–H groups in total. The van der Waals surface area contributed by atoms with Crippen molar-refractivity contribution in [3.05, 3.63) is 34.9 Å². The van der Waals surface area contributed by atoms with Crippen LogP contribution in [0.25, 0.3) is 0 Å². The van der Waals surface area contributed by atoms with Crippen molar-refractivity contribution in [2.24, 2.45) is 5.73 Å². The van der Waals surface area contributed by atoms with Gasteiger partial charge < -0.3 is 10.5 Å². The first-order chi connectivity index (χ1) is 7.68. The highest BCUT2D eigenvalue weighted by Crippen LogP contribution is 2.41. The minimum absolute atomic E-state index is 0.0581. The van der Waals surface area contributed by atoms with Gasteiger partial charge in [0, 0.05) is 12.1 Å². The van der Waals surface area contributed by atoms with Gasteiger partial charge in [0.15, 0.2) is 0 Å². The van der Waals surface area contributed by atoms with Crippen molar-refractivity contribution in [2.75, 3.05) is 7.11 Å². The van der Waals surface area contributed by atoms with Gasteiger partial charge in [-0.25, -0.2) is 0 Å². The molecule has 0 amide bonds. The minimum atomic E-state index is -0.173. The molecular weight excluding hydrogens is 222 g/mol. The molecule has 3 heteroatoms. The van der Waals surface area contributed by atoms with E-state index in [0.717, 1.165) is 23.4 Å². The Morgan fingerprint density at radius 2 is 1.81 bits per heavy atom. The molecule has 16 heavy (non-hydrogen) atoms. The Hall–Kier alpha value is -0.570. The molecule has 2 nitrogen and oxygen atoms in total. The van der Waals surface area contributed by atoms with E-state index in [2.05, 4.69) is 0 Å². The summed E-state index contributed by atoms with van der Waals surface area (Å²) in [4.78, 5) is 0. The molecule has 1 atom stereocenters. The van der Waals surface area contributed by atoms with Gasteiger partial charge in [-0.05, 0) is 30.5 Å². The van der Waals surface area contributed by atoms with Gasteiger partial charge in [0.25, 0.3) is 0 Å². The van der Waals surface area contributed by atoms with E-state index >= 15 is 0 Å². The number of halogens is 1. The topological polar surface area (TPSA) is 35.2 Å². The van der Waals surface area contributed by atoms with Crippen LogP contribution in [0.1, 0.15) is 37.3 Å². The van der Waals surface area contributed by atoms with E-state index in [-0.39, 0.29) is 11.6 Å². The number of hydrogen-bond acceptors (Lipinski definition) is 2. The number of methoxy groups -OCH3 is 1. The molecule has 2 rings (SSSR count). The lowest BCUT2D eigenvalue weighted by Gasteiger charge is -2.34. The van der Waals surface area contributed by atoms with Crippen LogP contribution in [0.15, 0.2) is 24.3 Å². The number of benzene rings is 1. The number of rotatable bonds is 3. The maximum atomic E-state index is 6.33. The summed E-state index contributed by atoms with van der Waals surface area (Å²) in [6.07, 6.45) is 4.50. The van der Waals surface area contributed by atoms with Gasteiger partial charge >= 0.3 is 0 Å². The molecular formula is C13H18ClNO. The Morgan fingerprint density at radius 1 is 1.25 bits per heavy atom. The Labute approximate surface area is 102 Å². The number of ether oxygens (including phenoxy) is 1. The van der Waals surface area contributed by atoms with E-state index in [1.165, 1.54) is 12.8 Å². The van der Waals surface area contributed by atoms with Crippen LogP contribution in [0.4, 0.5) is 0 Å². The molecule has 0 aliphatic heterocycles. The summed E-state index contributed by atoms with van der Waals surface area (Å²) in [5, 5.41) is 0.744. The molecule has 88 valence electrons. The molecule has 1 unspecified atom stereocenters. The molecule has 0 aromatic heterocycles. The first-order valence-corrected chi connectivity index (χ1v) is 6.12. The number of nitrogens with two attached hydrogens (primary N) is 1. The predicted octanol–water partition coefficient (Wildman–Crippen LogP) is 3.30. The van der Waals surface area contributed by atoms with Crippen LogP contribution in [0.2, 0.25) is 5.02 Å². The van der Waals surface area contributed by atoms with Crippen LogP contribution in [0.3, 0.4) is 0 Å². The maximum absolute atomic E-state index is 6.33. The van der Waals surface area contributed by atoms with Crippen molar-refractivity contribution in [1.82, 2.24) is 0 Å². The quantitative estimate of drug-likeness (QED) is 0.879. The van der Waals surface area contributed by atoms with Gasteiger partial charge in [-0.1, -0.05) is 36.6 Å². The Bertz CT molecular complexity index is 343. The summed E-state index contributed by atoms with van der Waals surface area (Å²) >= 11 is 5.87. The Balaban J connectivity index is 2.23. The highest BCUT2D eigenvalue weighted by Gasteiger charge is 2.40. The fraction of sp³-hybridized carbons (Fsp3) is 0.538.